The number of carbonyl (C=O) groups is 2. The molecule has 0 fully saturated rings. The van der Waals surface area contributed by atoms with Crippen molar-refractivity contribution in [3.05, 3.63) is 60.2 Å². The maximum absolute atomic E-state index is 12.5. The molecule has 0 spiro atoms. The van der Waals surface area contributed by atoms with E-state index in [4.69, 9.17) is 4.74 Å². The van der Waals surface area contributed by atoms with Gasteiger partial charge in [0.25, 0.3) is 5.91 Å². The Morgan fingerprint density at radius 2 is 1.56 bits per heavy atom. The quantitative estimate of drug-likeness (QED) is 0.551. The van der Waals surface area contributed by atoms with Crippen molar-refractivity contribution in [3.63, 3.8) is 0 Å². The second kappa shape index (κ2) is 11.4. The van der Waals surface area contributed by atoms with Crippen molar-refractivity contribution in [2.45, 2.75) is 18.7 Å². The van der Waals surface area contributed by atoms with Crippen LogP contribution in [0.3, 0.4) is 0 Å². The molecule has 0 heterocycles. The average molecular weight is 460 g/mol. The number of carbonyl (C=O) groups excluding carboxylic acids is 2. The van der Waals surface area contributed by atoms with Crippen LogP contribution in [-0.2, 0) is 19.6 Å². The molecule has 8 nitrogen and oxygen atoms in total. The van der Waals surface area contributed by atoms with Gasteiger partial charge in [-0.2, -0.15) is 4.31 Å². The van der Waals surface area contributed by atoms with Crippen molar-refractivity contribution >= 4 is 33.6 Å². The highest BCUT2D eigenvalue weighted by atomic mass is 32.2. The monoisotopic (exact) mass is 459 g/mol. The molecule has 0 saturated heterocycles. The molecule has 2 aromatic rings. The smallest absolute Gasteiger partial charge is 0.259 e. The normalized spacial score (nSPS) is 11.5. The van der Waals surface area contributed by atoms with Gasteiger partial charge in [-0.3, -0.25) is 9.59 Å². The number of hydrogen-bond donors (Lipinski definition) is 1. The molecular formula is C23H29N3O5S. The van der Waals surface area contributed by atoms with Gasteiger partial charge in [-0.05, 0) is 48.0 Å². The molecule has 0 aliphatic carbocycles. The molecule has 0 bridgehead atoms. The summed E-state index contributed by atoms with van der Waals surface area (Å²) in [7, 11) is -0.202. The zero-order valence-corrected chi connectivity index (χ0v) is 19.6. The Balaban J connectivity index is 1.94. The molecule has 0 aliphatic heterocycles. The van der Waals surface area contributed by atoms with Crippen LogP contribution in [0.5, 0.6) is 5.75 Å². The van der Waals surface area contributed by atoms with E-state index in [0.29, 0.717) is 30.1 Å². The number of sulfonamides is 1. The highest BCUT2D eigenvalue weighted by Gasteiger charge is 2.20. The van der Waals surface area contributed by atoms with E-state index in [-0.39, 0.29) is 23.3 Å². The maximum Gasteiger partial charge on any atom is 0.259 e. The third kappa shape index (κ3) is 6.93. The minimum atomic E-state index is -3.51. The molecule has 0 aromatic heterocycles. The van der Waals surface area contributed by atoms with Crippen LogP contribution in [0.4, 0.5) is 5.69 Å². The first kappa shape index (κ1) is 25.1. The Bertz CT molecular complexity index is 1040. The summed E-state index contributed by atoms with van der Waals surface area (Å²) in [5.41, 5.74) is 1.28. The lowest BCUT2D eigenvalue weighted by Gasteiger charge is -2.18. The third-order valence-electron chi connectivity index (χ3n) is 4.63. The van der Waals surface area contributed by atoms with Gasteiger partial charge in [-0.25, -0.2) is 8.42 Å². The number of amides is 2. The lowest BCUT2D eigenvalue weighted by Crippen LogP contribution is -2.30. The van der Waals surface area contributed by atoms with Crippen LogP contribution >= 0.6 is 0 Å². The summed E-state index contributed by atoms with van der Waals surface area (Å²) >= 11 is 0. The van der Waals surface area contributed by atoms with E-state index < -0.39 is 10.0 Å². The number of anilines is 1. The molecule has 2 amide bonds. The molecular weight excluding hydrogens is 430 g/mol. The molecule has 2 rings (SSSR count). The van der Waals surface area contributed by atoms with Crippen LogP contribution < -0.4 is 10.1 Å². The van der Waals surface area contributed by atoms with E-state index in [0.717, 1.165) is 0 Å². The first-order valence-electron chi connectivity index (χ1n) is 10.2. The SMILES string of the molecule is CCN(CC)S(=O)(=O)c1ccc(/C=C/C(=O)Nc2ccc(OCC(=O)N(C)C)cc2)cc1. The Morgan fingerprint density at radius 1 is 0.969 bits per heavy atom. The van der Waals surface area contributed by atoms with E-state index in [2.05, 4.69) is 5.32 Å². The highest BCUT2D eigenvalue weighted by molar-refractivity contribution is 7.89. The van der Waals surface area contributed by atoms with Crippen LogP contribution in [0.15, 0.2) is 59.5 Å². The first-order valence-corrected chi connectivity index (χ1v) is 11.6. The molecule has 0 aliphatic rings. The summed E-state index contributed by atoms with van der Waals surface area (Å²) in [4.78, 5) is 25.4. The summed E-state index contributed by atoms with van der Waals surface area (Å²) < 4.78 is 31.8. The van der Waals surface area contributed by atoms with Gasteiger partial charge in [0, 0.05) is 38.9 Å². The predicted molar refractivity (Wildman–Crippen MR) is 125 cm³/mol. The fourth-order valence-corrected chi connectivity index (χ4v) is 4.19. The molecule has 9 heteroatoms. The Hall–Kier alpha value is -3.17. The fraction of sp³-hybridized carbons (Fsp3) is 0.304. The molecule has 1 N–H and O–H groups in total. The van der Waals surface area contributed by atoms with Crippen molar-refractivity contribution in [2.75, 3.05) is 39.1 Å². The Morgan fingerprint density at radius 3 is 2.09 bits per heavy atom. The van der Waals surface area contributed by atoms with Gasteiger partial charge in [-0.1, -0.05) is 26.0 Å². The maximum atomic E-state index is 12.5. The number of rotatable bonds is 10. The Kier molecular flexibility index (Phi) is 8.98. The van der Waals surface area contributed by atoms with Crippen molar-refractivity contribution < 1.29 is 22.7 Å². The van der Waals surface area contributed by atoms with E-state index in [1.54, 1.807) is 70.4 Å². The van der Waals surface area contributed by atoms with Crippen LogP contribution in [-0.4, -0.2) is 63.2 Å². The number of likely N-dealkylation sites (N-methyl/N-ethyl adjacent to an activating group) is 1. The fourth-order valence-electron chi connectivity index (χ4n) is 2.73. The molecule has 2 aromatic carbocycles. The lowest BCUT2D eigenvalue weighted by atomic mass is 10.2. The van der Waals surface area contributed by atoms with Gasteiger partial charge < -0.3 is 15.0 Å². The van der Waals surface area contributed by atoms with E-state index in [1.807, 2.05) is 0 Å². The van der Waals surface area contributed by atoms with Gasteiger partial charge in [0.1, 0.15) is 5.75 Å². The van der Waals surface area contributed by atoms with E-state index >= 15 is 0 Å². The van der Waals surface area contributed by atoms with Gasteiger partial charge >= 0.3 is 0 Å². The van der Waals surface area contributed by atoms with E-state index in [1.165, 1.54) is 27.4 Å². The number of benzene rings is 2. The van der Waals surface area contributed by atoms with Crippen LogP contribution in [0.2, 0.25) is 0 Å². The Labute approximate surface area is 189 Å². The molecule has 0 radical (unpaired) electrons. The van der Waals surface area contributed by atoms with Crippen molar-refractivity contribution in [1.29, 1.82) is 0 Å². The standard InChI is InChI=1S/C23H29N3O5S/c1-5-26(6-2)32(29,30)21-14-7-18(8-15-21)9-16-22(27)24-19-10-12-20(13-11-19)31-17-23(28)25(3)4/h7-16H,5-6,17H2,1-4H3,(H,24,27)/b16-9+. The zero-order chi connectivity index (χ0) is 23.7. The van der Waals surface area contributed by atoms with Gasteiger partial charge in [0.2, 0.25) is 15.9 Å². The minimum Gasteiger partial charge on any atom is -0.484 e. The third-order valence-corrected chi connectivity index (χ3v) is 6.70. The van der Waals surface area contributed by atoms with Gasteiger partial charge in [-0.15, -0.1) is 0 Å². The summed E-state index contributed by atoms with van der Waals surface area (Å²) in [6.07, 6.45) is 2.97. The highest BCUT2D eigenvalue weighted by Crippen LogP contribution is 2.18. The number of hydrogen-bond acceptors (Lipinski definition) is 5. The average Bonchev–Trinajstić information content (AvgIpc) is 2.78. The van der Waals surface area contributed by atoms with Crippen LogP contribution in [0.1, 0.15) is 19.4 Å². The summed E-state index contributed by atoms with van der Waals surface area (Å²) in [6, 6.07) is 13.1. The summed E-state index contributed by atoms with van der Waals surface area (Å²) in [5, 5.41) is 2.73. The van der Waals surface area contributed by atoms with Crippen molar-refractivity contribution in [2.24, 2.45) is 0 Å². The largest absolute Gasteiger partial charge is 0.484 e. The predicted octanol–water partition coefficient (Wildman–Crippen LogP) is 2.84. The lowest BCUT2D eigenvalue weighted by molar-refractivity contribution is -0.130. The number of nitrogens with zero attached hydrogens (tertiary/aromatic N) is 2. The molecule has 32 heavy (non-hydrogen) atoms. The molecule has 0 unspecified atom stereocenters. The van der Waals surface area contributed by atoms with Gasteiger partial charge in [0.15, 0.2) is 6.61 Å². The topological polar surface area (TPSA) is 96.0 Å². The van der Waals surface area contributed by atoms with E-state index in [9.17, 15) is 18.0 Å². The van der Waals surface area contributed by atoms with Crippen LogP contribution in [0, 0.1) is 0 Å². The second-order valence-corrected chi connectivity index (χ2v) is 9.02. The minimum absolute atomic E-state index is 0.0591. The second-order valence-electron chi connectivity index (χ2n) is 7.08. The number of nitrogens with one attached hydrogen (secondary N) is 1. The number of ether oxygens (including phenoxy) is 1. The molecule has 0 saturated carbocycles. The zero-order valence-electron chi connectivity index (χ0n) is 18.7. The summed E-state index contributed by atoms with van der Waals surface area (Å²) in [6.45, 7) is 4.34. The van der Waals surface area contributed by atoms with Gasteiger partial charge in [0.05, 0.1) is 4.90 Å². The first-order chi connectivity index (χ1) is 15.2. The van der Waals surface area contributed by atoms with Crippen molar-refractivity contribution in [3.8, 4) is 5.75 Å². The molecule has 172 valence electrons. The molecule has 0 atom stereocenters. The van der Waals surface area contributed by atoms with Crippen molar-refractivity contribution in [1.82, 2.24) is 9.21 Å². The summed E-state index contributed by atoms with van der Waals surface area (Å²) in [5.74, 6) is 0.0426. The van der Waals surface area contributed by atoms with Crippen LogP contribution in [0.25, 0.3) is 6.08 Å².